The molecule has 0 fully saturated rings. The van der Waals surface area contributed by atoms with Gasteiger partial charge in [-0.15, -0.1) is 0 Å². The van der Waals surface area contributed by atoms with Gasteiger partial charge >= 0.3 is 0 Å². The molecule has 1 atom stereocenters. The number of sulfonamides is 1. The average molecular weight is 286 g/mol. The van der Waals surface area contributed by atoms with Crippen LogP contribution in [0.15, 0.2) is 29.2 Å². The number of likely N-dealkylation sites (N-methyl/N-ethyl adjacent to an activating group) is 1. The Hall–Kier alpha value is -1.11. The van der Waals surface area contributed by atoms with Crippen molar-refractivity contribution in [3.05, 3.63) is 24.3 Å². The largest absolute Gasteiger partial charge is 0.392 e. The summed E-state index contributed by atoms with van der Waals surface area (Å²) in [7, 11) is -2.11. The Kier molecular flexibility index (Phi) is 5.78. The quantitative estimate of drug-likeness (QED) is 0.797. The SMILES string of the molecule is CCCNc1ccccc1S(=O)(=O)N(C)CC(C)O. The van der Waals surface area contributed by atoms with Crippen molar-refractivity contribution in [3.8, 4) is 0 Å². The third kappa shape index (κ3) is 4.19. The fourth-order valence-electron chi connectivity index (χ4n) is 1.74. The highest BCUT2D eigenvalue weighted by atomic mass is 32.2. The topological polar surface area (TPSA) is 69.6 Å². The van der Waals surface area contributed by atoms with Crippen molar-refractivity contribution in [1.29, 1.82) is 0 Å². The number of para-hydroxylation sites is 1. The van der Waals surface area contributed by atoms with Crippen LogP contribution in [0.3, 0.4) is 0 Å². The molecule has 6 heteroatoms. The van der Waals surface area contributed by atoms with Gasteiger partial charge in [-0.05, 0) is 25.5 Å². The van der Waals surface area contributed by atoms with Gasteiger partial charge in [0.1, 0.15) is 4.90 Å². The highest BCUT2D eigenvalue weighted by Crippen LogP contribution is 2.23. The van der Waals surface area contributed by atoms with E-state index in [2.05, 4.69) is 5.32 Å². The van der Waals surface area contributed by atoms with Crippen molar-refractivity contribution in [2.75, 3.05) is 25.5 Å². The predicted octanol–water partition coefficient (Wildman–Crippen LogP) is 1.51. The fraction of sp³-hybridized carbons (Fsp3) is 0.538. The summed E-state index contributed by atoms with van der Waals surface area (Å²) in [6, 6.07) is 6.82. The molecular weight excluding hydrogens is 264 g/mol. The maximum absolute atomic E-state index is 12.4. The summed E-state index contributed by atoms with van der Waals surface area (Å²) < 4.78 is 26.0. The summed E-state index contributed by atoms with van der Waals surface area (Å²) in [4.78, 5) is 0.242. The van der Waals surface area contributed by atoms with Gasteiger partial charge in [-0.2, -0.15) is 4.31 Å². The van der Waals surface area contributed by atoms with Gasteiger partial charge in [-0.25, -0.2) is 8.42 Å². The number of anilines is 1. The highest BCUT2D eigenvalue weighted by Gasteiger charge is 2.24. The van der Waals surface area contributed by atoms with E-state index in [9.17, 15) is 13.5 Å². The maximum Gasteiger partial charge on any atom is 0.244 e. The average Bonchev–Trinajstić information content (AvgIpc) is 2.35. The molecule has 1 aromatic carbocycles. The van der Waals surface area contributed by atoms with Gasteiger partial charge in [0.25, 0.3) is 0 Å². The fourth-order valence-corrected chi connectivity index (χ4v) is 3.15. The van der Waals surface area contributed by atoms with Crippen LogP contribution in [0.4, 0.5) is 5.69 Å². The molecule has 0 radical (unpaired) electrons. The van der Waals surface area contributed by atoms with Gasteiger partial charge in [0.2, 0.25) is 10.0 Å². The zero-order chi connectivity index (χ0) is 14.5. The zero-order valence-corrected chi connectivity index (χ0v) is 12.4. The first-order valence-corrected chi connectivity index (χ1v) is 7.81. The van der Waals surface area contributed by atoms with Crippen LogP contribution < -0.4 is 5.32 Å². The lowest BCUT2D eigenvalue weighted by Gasteiger charge is -2.20. The van der Waals surface area contributed by atoms with E-state index in [0.29, 0.717) is 12.2 Å². The standard InChI is InChI=1S/C13H22N2O3S/c1-4-9-14-12-7-5-6-8-13(12)19(17,18)15(3)10-11(2)16/h5-8,11,14,16H,4,9-10H2,1-3H3. The minimum Gasteiger partial charge on any atom is -0.392 e. The summed E-state index contributed by atoms with van der Waals surface area (Å²) in [5.41, 5.74) is 0.599. The lowest BCUT2D eigenvalue weighted by Crippen LogP contribution is -2.33. The van der Waals surface area contributed by atoms with Crippen molar-refractivity contribution in [2.24, 2.45) is 0 Å². The molecule has 0 heterocycles. The molecule has 1 unspecified atom stereocenters. The monoisotopic (exact) mass is 286 g/mol. The number of rotatable bonds is 7. The summed E-state index contributed by atoms with van der Waals surface area (Å²) in [5.74, 6) is 0. The van der Waals surface area contributed by atoms with Gasteiger partial charge in [0.05, 0.1) is 11.8 Å². The smallest absolute Gasteiger partial charge is 0.244 e. The molecule has 108 valence electrons. The molecular formula is C13H22N2O3S. The van der Waals surface area contributed by atoms with Crippen molar-refractivity contribution >= 4 is 15.7 Å². The van der Waals surface area contributed by atoms with E-state index in [1.54, 1.807) is 31.2 Å². The van der Waals surface area contributed by atoms with E-state index in [4.69, 9.17) is 0 Å². The highest BCUT2D eigenvalue weighted by molar-refractivity contribution is 7.89. The van der Waals surface area contributed by atoms with E-state index in [1.165, 1.54) is 11.4 Å². The summed E-state index contributed by atoms with van der Waals surface area (Å²) in [6.45, 7) is 4.37. The van der Waals surface area contributed by atoms with Gasteiger partial charge in [0, 0.05) is 20.1 Å². The Morgan fingerprint density at radius 2 is 2.00 bits per heavy atom. The van der Waals surface area contributed by atoms with Gasteiger partial charge in [-0.1, -0.05) is 19.1 Å². The summed E-state index contributed by atoms with van der Waals surface area (Å²) in [5, 5.41) is 12.4. The number of nitrogens with one attached hydrogen (secondary N) is 1. The summed E-state index contributed by atoms with van der Waals surface area (Å²) in [6.07, 6.45) is 0.216. The van der Waals surface area contributed by atoms with Gasteiger partial charge in [0.15, 0.2) is 0 Å². The molecule has 1 aromatic rings. The molecule has 0 amide bonds. The second-order valence-electron chi connectivity index (χ2n) is 4.56. The van der Waals surface area contributed by atoms with Crippen LogP contribution >= 0.6 is 0 Å². The van der Waals surface area contributed by atoms with Crippen molar-refractivity contribution < 1.29 is 13.5 Å². The Bertz CT molecular complexity index is 500. The molecule has 19 heavy (non-hydrogen) atoms. The number of hydrogen-bond acceptors (Lipinski definition) is 4. The Morgan fingerprint density at radius 3 is 2.58 bits per heavy atom. The van der Waals surface area contributed by atoms with Crippen LogP contribution in [-0.4, -0.2) is 44.1 Å². The van der Waals surface area contributed by atoms with Gasteiger partial charge in [-0.3, -0.25) is 0 Å². The Labute approximate surface area is 115 Å². The van der Waals surface area contributed by atoms with Crippen LogP contribution in [0.2, 0.25) is 0 Å². The third-order valence-electron chi connectivity index (χ3n) is 2.66. The van der Waals surface area contributed by atoms with Crippen LogP contribution in [0.25, 0.3) is 0 Å². The number of aliphatic hydroxyl groups excluding tert-OH is 1. The number of nitrogens with zero attached hydrogens (tertiary/aromatic N) is 1. The molecule has 0 saturated heterocycles. The Balaban J connectivity index is 3.06. The number of aliphatic hydroxyl groups is 1. The van der Waals surface area contributed by atoms with E-state index < -0.39 is 16.1 Å². The van der Waals surface area contributed by atoms with E-state index >= 15 is 0 Å². The molecule has 2 N–H and O–H groups in total. The molecule has 0 spiro atoms. The first-order chi connectivity index (χ1) is 8.89. The summed E-state index contributed by atoms with van der Waals surface area (Å²) >= 11 is 0. The first kappa shape index (κ1) is 15.9. The number of hydrogen-bond donors (Lipinski definition) is 2. The van der Waals surface area contributed by atoms with Crippen LogP contribution in [0.1, 0.15) is 20.3 Å². The van der Waals surface area contributed by atoms with E-state index in [1.807, 2.05) is 6.92 Å². The Morgan fingerprint density at radius 1 is 1.37 bits per heavy atom. The lowest BCUT2D eigenvalue weighted by atomic mass is 10.3. The second kappa shape index (κ2) is 6.88. The first-order valence-electron chi connectivity index (χ1n) is 6.37. The molecule has 0 saturated carbocycles. The molecule has 5 nitrogen and oxygen atoms in total. The normalized spacial score (nSPS) is 13.5. The van der Waals surface area contributed by atoms with E-state index in [-0.39, 0.29) is 11.4 Å². The van der Waals surface area contributed by atoms with Crippen LogP contribution in [-0.2, 0) is 10.0 Å². The maximum atomic E-state index is 12.4. The van der Waals surface area contributed by atoms with Crippen LogP contribution in [0, 0.1) is 0 Å². The number of benzene rings is 1. The van der Waals surface area contributed by atoms with Crippen molar-refractivity contribution in [1.82, 2.24) is 4.31 Å². The lowest BCUT2D eigenvalue weighted by molar-refractivity contribution is 0.171. The second-order valence-corrected chi connectivity index (χ2v) is 6.57. The molecule has 0 bridgehead atoms. The van der Waals surface area contributed by atoms with Crippen LogP contribution in [0.5, 0.6) is 0 Å². The molecule has 1 rings (SSSR count). The minimum absolute atomic E-state index is 0.0739. The molecule has 0 aliphatic carbocycles. The minimum atomic E-state index is -3.58. The van der Waals surface area contributed by atoms with Gasteiger partial charge < -0.3 is 10.4 Å². The third-order valence-corrected chi connectivity index (χ3v) is 4.54. The molecule has 0 aliphatic rings. The molecule has 0 aliphatic heterocycles. The zero-order valence-electron chi connectivity index (χ0n) is 11.6. The van der Waals surface area contributed by atoms with E-state index in [0.717, 1.165) is 6.42 Å². The molecule has 0 aromatic heterocycles. The van der Waals surface area contributed by atoms with Crippen molar-refractivity contribution in [3.63, 3.8) is 0 Å². The predicted molar refractivity (Wildman–Crippen MR) is 76.7 cm³/mol. The van der Waals surface area contributed by atoms with Crippen molar-refractivity contribution in [2.45, 2.75) is 31.3 Å².